The first kappa shape index (κ1) is 14.9. The Hall–Kier alpha value is -2.67. The van der Waals surface area contributed by atoms with E-state index < -0.39 is 0 Å². The average molecular weight is 312 g/mol. The van der Waals surface area contributed by atoms with Crippen molar-refractivity contribution in [2.45, 2.75) is 18.8 Å². The number of carbonyl (C=O) groups is 1. The van der Waals surface area contributed by atoms with E-state index in [1.54, 1.807) is 0 Å². The van der Waals surface area contributed by atoms with Gasteiger partial charge in [-0.05, 0) is 23.1 Å². The zero-order valence-electron chi connectivity index (χ0n) is 13.8. The molecule has 0 radical (unpaired) electrons. The van der Waals surface area contributed by atoms with Gasteiger partial charge in [-0.2, -0.15) is 0 Å². The molecular formula is C23H20O. The van der Waals surface area contributed by atoms with Gasteiger partial charge in [0.05, 0.1) is 0 Å². The lowest BCUT2D eigenvalue weighted by Gasteiger charge is -2.11. The van der Waals surface area contributed by atoms with E-state index in [9.17, 15) is 4.79 Å². The summed E-state index contributed by atoms with van der Waals surface area (Å²) < 4.78 is 0. The molecule has 0 saturated heterocycles. The van der Waals surface area contributed by atoms with E-state index in [-0.39, 0.29) is 17.1 Å². The third-order valence-corrected chi connectivity index (χ3v) is 5.26. The van der Waals surface area contributed by atoms with Crippen molar-refractivity contribution in [3.05, 3.63) is 96.1 Å². The summed E-state index contributed by atoms with van der Waals surface area (Å²) in [6, 6.07) is 28.7. The van der Waals surface area contributed by atoms with Crippen LogP contribution in [0.3, 0.4) is 0 Å². The number of hydrogen-bond donors (Lipinski definition) is 0. The van der Waals surface area contributed by atoms with Crippen molar-refractivity contribution in [2.75, 3.05) is 0 Å². The second kappa shape index (κ2) is 5.76. The molecule has 0 heterocycles. The van der Waals surface area contributed by atoms with Gasteiger partial charge in [0.25, 0.3) is 0 Å². The van der Waals surface area contributed by atoms with Crippen molar-refractivity contribution in [2.24, 2.45) is 5.92 Å². The van der Waals surface area contributed by atoms with Gasteiger partial charge in [0.2, 0.25) is 0 Å². The number of benzene rings is 3. The molecule has 3 aromatic rings. The smallest absolute Gasteiger partial charge is 0.166 e. The van der Waals surface area contributed by atoms with Crippen LogP contribution >= 0.6 is 0 Å². The predicted octanol–water partition coefficient (Wildman–Crippen LogP) is 5.51. The minimum Gasteiger partial charge on any atom is -0.294 e. The van der Waals surface area contributed by atoms with Crippen molar-refractivity contribution >= 4 is 5.78 Å². The van der Waals surface area contributed by atoms with E-state index in [0.29, 0.717) is 0 Å². The van der Waals surface area contributed by atoms with Gasteiger partial charge in [0.15, 0.2) is 5.78 Å². The Kier molecular flexibility index (Phi) is 3.57. The highest BCUT2D eigenvalue weighted by molar-refractivity contribution is 6.01. The minimum atomic E-state index is -0.00353. The van der Waals surface area contributed by atoms with E-state index >= 15 is 0 Å². The van der Waals surface area contributed by atoms with Crippen LogP contribution in [0.2, 0.25) is 0 Å². The fraction of sp³-hybridized carbons (Fsp3) is 0.174. The second-order valence-electron chi connectivity index (χ2n) is 6.85. The SMILES string of the molecule is C[C@@]1(c2ccccc2)C[C@H]1C(=O)c1ccc(-c2ccccc2)cc1. The second-order valence-corrected chi connectivity index (χ2v) is 6.85. The molecule has 0 aromatic heterocycles. The summed E-state index contributed by atoms with van der Waals surface area (Å²) in [5, 5.41) is 0. The van der Waals surface area contributed by atoms with E-state index in [2.05, 4.69) is 43.3 Å². The Bertz CT molecular complexity index is 850. The average Bonchev–Trinajstić information content (AvgIpc) is 3.36. The van der Waals surface area contributed by atoms with Crippen molar-refractivity contribution in [1.29, 1.82) is 0 Å². The molecule has 0 N–H and O–H groups in total. The summed E-state index contributed by atoms with van der Waals surface area (Å²) in [4.78, 5) is 12.8. The van der Waals surface area contributed by atoms with E-state index in [1.807, 2.05) is 48.5 Å². The normalized spacial score (nSPS) is 22.1. The molecule has 24 heavy (non-hydrogen) atoms. The standard InChI is InChI=1S/C23H20O/c1-23(20-10-6-3-7-11-20)16-21(23)22(24)19-14-12-18(13-15-19)17-8-4-2-5-9-17/h2-15,21H,16H2,1H3/t21-,23-/m0/s1. The summed E-state index contributed by atoms with van der Waals surface area (Å²) in [5.41, 5.74) is 4.41. The number of Topliss-reactive ketones (excluding diaryl/α,β-unsaturated/α-hetero) is 1. The maximum absolute atomic E-state index is 12.8. The summed E-state index contributed by atoms with van der Waals surface area (Å²) in [6.07, 6.45) is 0.941. The topological polar surface area (TPSA) is 17.1 Å². The summed E-state index contributed by atoms with van der Waals surface area (Å²) >= 11 is 0. The Morgan fingerprint density at radius 3 is 1.96 bits per heavy atom. The fourth-order valence-electron chi connectivity index (χ4n) is 3.54. The monoisotopic (exact) mass is 312 g/mol. The van der Waals surface area contributed by atoms with Gasteiger partial charge in [-0.3, -0.25) is 4.79 Å². The first-order chi connectivity index (χ1) is 11.7. The zero-order valence-corrected chi connectivity index (χ0v) is 13.8. The van der Waals surface area contributed by atoms with Gasteiger partial charge in [0.1, 0.15) is 0 Å². The van der Waals surface area contributed by atoms with Crippen LogP contribution in [0, 0.1) is 5.92 Å². The van der Waals surface area contributed by atoms with E-state index in [0.717, 1.165) is 17.5 Å². The lowest BCUT2D eigenvalue weighted by molar-refractivity contribution is 0.0959. The van der Waals surface area contributed by atoms with E-state index in [1.165, 1.54) is 11.1 Å². The van der Waals surface area contributed by atoms with Crippen LogP contribution in [0.5, 0.6) is 0 Å². The number of hydrogen-bond acceptors (Lipinski definition) is 1. The van der Waals surface area contributed by atoms with Gasteiger partial charge in [-0.25, -0.2) is 0 Å². The van der Waals surface area contributed by atoms with Crippen LogP contribution in [0.4, 0.5) is 0 Å². The number of carbonyl (C=O) groups excluding carboxylic acids is 1. The number of ketones is 1. The van der Waals surface area contributed by atoms with Crippen LogP contribution in [0.15, 0.2) is 84.9 Å². The van der Waals surface area contributed by atoms with Gasteiger partial charge < -0.3 is 0 Å². The highest BCUT2D eigenvalue weighted by Crippen LogP contribution is 2.55. The molecule has 1 saturated carbocycles. The molecule has 2 atom stereocenters. The van der Waals surface area contributed by atoms with Crippen LogP contribution in [0.1, 0.15) is 29.3 Å². The van der Waals surface area contributed by atoms with Crippen LogP contribution in [-0.4, -0.2) is 5.78 Å². The zero-order chi connectivity index (χ0) is 16.6. The molecule has 1 heteroatoms. The fourth-order valence-corrected chi connectivity index (χ4v) is 3.54. The Balaban J connectivity index is 1.54. The molecule has 0 spiro atoms. The van der Waals surface area contributed by atoms with Crippen molar-refractivity contribution in [3.63, 3.8) is 0 Å². The quantitative estimate of drug-likeness (QED) is 0.580. The van der Waals surface area contributed by atoms with Gasteiger partial charge in [-0.1, -0.05) is 91.9 Å². The largest absolute Gasteiger partial charge is 0.294 e. The molecular weight excluding hydrogens is 292 g/mol. The van der Waals surface area contributed by atoms with Crippen molar-refractivity contribution in [1.82, 2.24) is 0 Å². The predicted molar refractivity (Wildman–Crippen MR) is 98.1 cm³/mol. The Morgan fingerprint density at radius 2 is 1.33 bits per heavy atom. The molecule has 1 aliphatic carbocycles. The van der Waals surface area contributed by atoms with Crippen LogP contribution < -0.4 is 0 Å². The Morgan fingerprint density at radius 1 is 0.792 bits per heavy atom. The highest BCUT2D eigenvalue weighted by Gasteiger charge is 2.55. The molecule has 3 aromatic carbocycles. The molecule has 1 nitrogen and oxygen atoms in total. The summed E-state index contributed by atoms with van der Waals surface area (Å²) in [6.45, 7) is 2.20. The van der Waals surface area contributed by atoms with Crippen LogP contribution in [-0.2, 0) is 5.41 Å². The van der Waals surface area contributed by atoms with Crippen molar-refractivity contribution < 1.29 is 4.79 Å². The van der Waals surface area contributed by atoms with Gasteiger partial charge >= 0.3 is 0 Å². The molecule has 1 fully saturated rings. The molecule has 0 amide bonds. The highest BCUT2D eigenvalue weighted by atomic mass is 16.1. The molecule has 1 aliphatic rings. The van der Waals surface area contributed by atoms with Crippen LogP contribution in [0.25, 0.3) is 11.1 Å². The number of rotatable bonds is 4. The Labute approximate surface area is 143 Å². The third-order valence-electron chi connectivity index (χ3n) is 5.26. The molecule has 118 valence electrons. The summed E-state index contributed by atoms with van der Waals surface area (Å²) in [7, 11) is 0. The third kappa shape index (κ3) is 2.56. The molecule has 4 rings (SSSR count). The molecule has 0 unspecified atom stereocenters. The minimum absolute atomic E-state index is 0.00353. The summed E-state index contributed by atoms with van der Waals surface area (Å²) in [5.74, 6) is 0.364. The maximum atomic E-state index is 12.8. The van der Waals surface area contributed by atoms with Crippen molar-refractivity contribution in [3.8, 4) is 11.1 Å². The lowest BCUT2D eigenvalue weighted by atomic mass is 9.92. The molecule has 0 aliphatic heterocycles. The first-order valence-electron chi connectivity index (χ1n) is 8.44. The van der Waals surface area contributed by atoms with E-state index in [4.69, 9.17) is 0 Å². The maximum Gasteiger partial charge on any atom is 0.166 e. The van der Waals surface area contributed by atoms with Gasteiger partial charge in [0, 0.05) is 16.9 Å². The first-order valence-corrected chi connectivity index (χ1v) is 8.44. The van der Waals surface area contributed by atoms with Gasteiger partial charge in [-0.15, -0.1) is 0 Å². The lowest BCUT2D eigenvalue weighted by Crippen LogP contribution is -2.12. The molecule has 0 bridgehead atoms.